The third-order valence-electron chi connectivity index (χ3n) is 11.4. The van der Waals surface area contributed by atoms with Crippen molar-refractivity contribution in [3.63, 3.8) is 0 Å². The number of aliphatic imine (C=N–C) groups is 2. The van der Waals surface area contributed by atoms with Crippen molar-refractivity contribution in [2.45, 2.75) is 105 Å². The Balaban J connectivity index is 0.878. The number of benzene rings is 5. The molecule has 0 saturated heterocycles. The minimum absolute atomic E-state index is 0.0251. The molecule has 0 aliphatic rings. The zero-order chi connectivity index (χ0) is 50.6. The first kappa shape index (κ1) is 55.4. The number of hydrogen-bond acceptors (Lipinski definition) is 10. The molecule has 5 aromatic carbocycles. The third-order valence-corrected chi connectivity index (χ3v) is 11.4. The van der Waals surface area contributed by atoms with Crippen LogP contribution in [0.4, 0.5) is 11.4 Å². The second-order valence-corrected chi connectivity index (χ2v) is 21.4. The van der Waals surface area contributed by atoms with Crippen molar-refractivity contribution in [3.05, 3.63) is 143 Å². The van der Waals surface area contributed by atoms with E-state index in [0.29, 0.717) is 79.3 Å². The molecule has 0 amide bonds. The van der Waals surface area contributed by atoms with E-state index in [1.165, 1.54) is 22.3 Å². The lowest BCUT2D eigenvalue weighted by atomic mass is 9.80. The normalized spacial score (nSPS) is 12.5. The zero-order valence-electron chi connectivity index (χ0n) is 44.2. The molecule has 0 atom stereocenters. The van der Waals surface area contributed by atoms with Crippen LogP contribution in [0.1, 0.15) is 116 Å². The van der Waals surface area contributed by atoms with Crippen molar-refractivity contribution in [2.75, 3.05) is 79.3 Å². The van der Waals surface area contributed by atoms with Gasteiger partial charge in [0.25, 0.3) is 0 Å². The summed E-state index contributed by atoms with van der Waals surface area (Å²) in [5.74, 6) is 3.02. The second-order valence-electron chi connectivity index (χ2n) is 21.4. The Morgan fingerprint density at radius 2 is 0.600 bits per heavy atom. The van der Waals surface area contributed by atoms with E-state index >= 15 is 0 Å². The van der Waals surface area contributed by atoms with E-state index in [9.17, 15) is 0 Å². The van der Waals surface area contributed by atoms with Crippen molar-refractivity contribution < 1.29 is 37.9 Å². The maximum atomic E-state index is 6.07. The van der Waals surface area contributed by atoms with Crippen LogP contribution in [0.25, 0.3) is 0 Å². The molecule has 0 aromatic heterocycles. The van der Waals surface area contributed by atoms with Crippen molar-refractivity contribution >= 4 is 23.8 Å². The standard InChI is InChI=1S/C60H80N2O8/c1-57(2,3)47-37-48(58(4,5)6)40-51(39-47)61-43-45-17-13-15-19-55(45)69-35-31-65-27-25-63-29-33-67-53-21-23-54(24-22-53)68-34-30-64-26-28-66-32-36-70-56-20-16-14-18-46(56)44-62-52-41-49(59(7,8)9)38-50(42-52)60(10,11)12/h13-24,37-44H,25-36H2,1-12H3. The van der Waals surface area contributed by atoms with E-state index in [1.54, 1.807) is 0 Å². The Morgan fingerprint density at radius 1 is 0.329 bits per heavy atom. The fraction of sp³-hybridized carbons (Fsp3) is 0.467. The van der Waals surface area contributed by atoms with Gasteiger partial charge in [0, 0.05) is 23.6 Å². The van der Waals surface area contributed by atoms with Crippen LogP contribution in [-0.4, -0.2) is 91.7 Å². The molecule has 10 nitrogen and oxygen atoms in total. The number of ether oxygens (including phenoxy) is 8. The zero-order valence-corrected chi connectivity index (χ0v) is 44.2. The number of nitrogens with zero attached hydrogens (tertiary/aromatic N) is 2. The summed E-state index contributed by atoms with van der Waals surface area (Å²) in [6.07, 6.45) is 3.76. The monoisotopic (exact) mass is 957 g/mol. The van der Waals surface area contributed by atoms with Crippen LogP contribution in [0.2, 0.25) is 0 Å². The summed E-state index contributed by atoms with van der Waals surface area (Å²) in [5.41, 5.74) is 8.90. The van der Waals surface area contributed by atoms with Gasteiger partial charge in [-0.25, -0.2) is 0 Å². The van der Waals surface area contributed by atoms with Crippen LogP contribution in [0.15, 0.2) is 119 Å². The van der Waals surface area contributed by atoms with E-state index in [1.807, 2.05) is 85.2 Å². The molecular weight excluding hydrogens is 877 g/mol. The molecule has 0 fully saturated rings. The molecule has 0 saturated carbocycles. The average Bonchev–Trinajstić information content (AvgIpc) is 3.31. The predicted molar refractivity (Wildman–Crippen MR) is 287 cm³/mol. The number of para-hydroxylation sites is 2. The van der Waals surface area contributed by atoms with Crippen molar-refractivity contribution in [1.82, 2.24) is 0 Å². The molecule has 0 spiro atoms. The third kappa shape index (κ3) is 19.3. The van der Waals surface area contributed by atoms with Gasteiger partial charge in [-0.15, -0.1) is 0 Å². The quantitative estimate of drug-likeness (QED) is 0.0399. The van der Waals surface area contributed by atoms with Crippen molar-refractivity contribution in [2.24, 2.45) is 9.98 Å². The lowest BCUT2D eigenvalue weighted by Crippen LogP contribution is -2.16. The summed E-state index contributed by atoms with van der Waals surface area (Å²) in [5, 5.41) is 0. The molecule has 0 N–H and O–H groups in total. The highest BCUT2D eigenvalue weighted by atomic mass is 16.6. The molecule has 0 bridgehead atoms. The van der Waals surface area contributed by atoms with Crippen LogP contribution < -0.4 is 18.9 Å². The van der Waals surface area contributed by atoms with Crippen LogP contribution >= 0.6 is 0 Å². The Bertz CT molecular complexity index is 2170. The summed E-state index contributed by atoms with van der Waals surface area (Å²) in [6, 6.07) is 36.7. The molecule has 5 aromatic rings. The van der Waals surface area contributed by atoms with Gasteiger partial charge in [0.15, 0.2) is 0 Å². The highest BCUT2D eigenvalue weighted by Crippen LogP contribution is 2.35. The highest BCUT2D eigenvalue weighted by Gasteiger charge is 2.22. The summed E-state index contributed by atoms with van der Waals surface area (Å²) < 4.78 is 46.7. The lowest BCUT2D eigenvalue weighted by molar-refractivity contribution is 0.0270. The molecular formula is C60H80N2O8. The van der Waals surface area contributed by atoms with E-state index in [0.717, 1.165) is 45.5 Å². The molecule has 0 aliphatic heterocycles. The summed E-state index contributed by atoms with van der Waals surface area (Å²) in [6.45, 7) is 32.1. The molecule has 0 radical (unpaired) electrons. The van der Waals surface area contributed by atoms with Crippen molar-refractivity contribution in [3.8, 4) is 23.0 Å². The van der Waals surface area contributed by atoms with Gasteiger partial charge >= 0.3 is 0 Å². The first-order chi connectivity index (χ1) is 33.3. The second kappa shape index (κ2) is 26.6. The molecule has 0 aliphatic carbocycles. The largest absolute Gasteiger partial charge is 0.491 e. The van der Waals surface area contributed by atoms with Crippen LogP contribution in [0, 0.1) is 0 Å². The first-order valence-corrected chi connectivity index (χ1v) is 24.8. The summed E-state index contributed by atoms with van der Waals surface area (Å²) in [4.78, 5) is 9.74. The van der Waals surface area contributed by atoms with E-state index in [4.69, 9.17) is 47.9 Å². The minimum Gasteiger partial charge on any atom is -0.491 e. The smallest absolute Gasteiger partial charge is 0.128 e. The minimum atomic E-state index is 0.0251. The van der Waals surface area contributed by atoms with Gasteiger partial charge in [0.05, 0.1) is 64.2 Å². The number of rotatable bonds is 26. The van der Waals surface area contributed by atoms with Gasteiger partial charge in [0.1, 0.15) is 49.4 Å². The molecule has 378 valence electrons. The van der Waals surface area contributed by atoms with Crippen LogP contribution in [0.3, 0.4) is 0 Å². The Kier molecular flexibility index (Phi) is 21.1. The Hall–Kier alpha value is -5.52. The SMILES string of the molecule is CC(C)(C)c1cc(N=Cc2ccccc2OCCOCCOCCOc2ccc(OCCOCCOCCOc3ccccc3C=Nc3cc(C(C)(C)C)cc(C(C)(C)C)c3)cc2)cc(C(C)(C)C)c1. The van der Waals surface area contributed by atoms with Gasteiger partial charge in [0.2, 0.25) is 0 Å². The van der Waals surface area contributed by atoms with Crippen molar-refractivity contribution in [1.29, 1.82) is 0 Å². The topological polar surface area (TPSA) is 98.6 Å². The van der Waals surface area contributed by atoms with Gasteiger partial charge < -0.3 is 37.9 Å². The first-order valence-electron chi connectivity index (χ1n) is 24.8. The van der Waals surface area contributed by atoms with E-state index in [2.05, 4.69) is 119 Å². The van der Waals surface area contributed by atoms with Gasteiger partial charge in [-0.2, -0.15) is 0 Å². The molecule has 5 rings (SSSR count). The van der Waals surface area contributed by atoms with E-state index in [-0.39, 0.29) is 21.7 Å². The van der Waals surface area contributed by atoms with Gasteiger partial charge in [-0.1, -0.05) is 119 Å². The maximum absolute atomic E-state index is 6.07. The molecule has 70 heavy (non-hydrogen) atoms. The van der Waals surface area contributed by atoms with E-state index < -0.39 is 0 Å². The fourth-order valence-electron chi connectivity index (χ4n) is 6.96. The lowest BCUT2D eigenvalue weighted by Gasteiger charge is -2.25. The fourth-order valence-corrected chi connectivity index (χ4v) is 6.96. The molecule has 0 unspecified atom stereocenters. The van der Waals surface area contributed by atoms with Gasteiger partial charge in [-0.3, -0.25) is 9.98 Å². The van der Waals surface area contributed by atoms with Crippen LogP contribution in [0.5, 0.6) is 23.0 Å². The Labute approximate surface area is 419 Å². The summed E-state index contributed by atoms with van der Waals surface area (Å²) in [7, 11) is 0. The average molecular weight is 957 g/mol. The molecule has 10 heteroatoms. The maximum Gasteiger partial charge on any atom is 0.128 e. The number of hydrogen-bond donors (Lipinski definition) is 0. The summed E-state index contributed by atoms with van der Waals surface area (Å²) >= 11 is 0. The Morgan fingerprint density at radius 3 is 0.900 bits per heavy atom. The van der Waals surface area contributed by atoms with Crippen LogP contribution in [-0.2, 0) is 40.6 Å². The highest BCUT2D eigenvalue weighted by molar-refractivity contribution is 5.86. The molecule has 0 heterocycles. The van der Waals surface area contributed by atoms with Gasteiger partial charge in [-0.05, 0) is 117 Å². The predicted octanol–water partition coefficient (Wildman–Crippen LogP) is 13.4.